The number of benzene rings is 2. The van der Waals surface area contributed by atoms with Crippen LogP contribution in [-0.4, -0.2) is 23.0 Å². The van der Waals surface area contributed by atoms with Gasteiger partial charge in [0.05, 0.1) is 24.9 Å². The monoisotopic (exact) mass is 355 g/mol. The number of nitrogens with one attached hydrogen (secondary N) is 1. The quantitative estimate of drug-likeness (QED) is 0.670. The molecule has 25 heavy (non-hydrogen) atoms. The molecule has 0 saturated heterocycles. The minimum atomic E-state index is -0.569. The third-order valence-electron chi connectivity index (χ3n) is 3.26. The molecule has 3 aromatic rings. The molecule has 1 N–H and O–H groups in total. The Morgan fingerprint density at radius 1 is 1.12 bits per heavy atom. The summed E-state index contributed by atoms with van der Waals surface area (Å²) in [5.74, 6) is 1.79. The van der Waals surface area contributed by atoms with E-state index in [-0.39, 0.29) is 0 Å². The number of thioether (sulfide) groups is 1. The van der Waals surface area contributed by atoms with Crippen LogP contribution in [0.1, 0.15) is 0 Å². The van der Waals surface area contributed by atoms with E-state index < -0.39 is 6.09 Å². The summed E-state index contributed by atoms with van der Waals surface area (Å²) in [6.07, 6.45) is 2.77. The summed E-state index contributed by atoms with van der Waals surface area (Å²) in [5, 5.41) is 6.88. The number of aromatic nitrogens is 2. The molecule has 0 spiro atoms. The number of methoxy groups -OCH3 is 1. The molecular weight excluding hydrogens is 338 g/mol. The molecule has 128 valence electrons. The molecule has 0 fully saturated rings. The van der Waals surface area contributed by atoms with Crippen molar-refractivity contribution >= 4 is 23.5 Å². The van der Waals surface area contributed by atoms with Crippen LogP contribution >= 0.6 is 11.8 Å². The average molecular weight is 355 g/mol. The first-order chi connectivity index (χ1) is 12.2. The second-order valence-electron chi connectivity index (χ2n) is 5.05. The van der Waals surface area contributed by atoms with Crippen LogP contribution < -0.4 is 14.8 Å². The molecule has 0 saturated carbocycles. The zero-order valence-corrected chi connectivity index (χ0v) is 14.4. The summed E-state index contributed by atoms with van der Waals surface area (Å²) < 4.78 is 12.0. The minimum Gasteiger partial charge on any atom is -0.497 e. The van der Waals surface area contributed by atoms with Crippen LogP contribution in [-0.2, 0) is 5.88 Å². The van der Waals surface area contributed by atoms with Gasteiger partial charge in [0.1, 0.15) is 11.5 Å². The van der Waals surface area contributed by atoms with Gasteiger partial charge >= 0.3 is 6.09 Å². The van der Waals surface area contributed by atoms with Crippen molar-refractivity contribution in [3.63, 3.8) is 0 Å². The van der Waals surface area contributed by atoms with Crippen LogP contribution in [0.5, 0.6) is 11.5 Å². The van der Waals surface area contributed by atoms with Gasteiger partial charge in [-0.1, -0.05) is 18.2 Å². The van der Waals surface area contributed by atoms with Crippen molar-refractivity contribution in [2.45, 2.75) is 10.8 Å². The molecule has 0 unspecified atom stereocenters. The first-order valence-corrected chi connectivity index (χ1v) is 8.55. The number of rotatable bonds is 6. The zero-order chi connectivity index (χ0) is 17.5. The molecule has 2 aromatic carbocycles. The molecule has 3 rings (SSSR count). The standard InChI is InChI=1S/C18H17N3O3S/c1-23-15-7-9-16(10-8-15)24-18(22)20-14-11-19-21(12-14)13-25-17-5-3-2-4-6-17/h2-12H,13H2,1H3,(H,20,22). The summed E-state index contributed by atoms with van der Waals surface area (Å²) in [4.78, 5) is 13.1. The van der Waals surface area contributed by atoms with Crippen LogP contribution in [0.15, 0.2) is 71.9 Å². The van der Waals surface area contributed by atoms with Gasteiger partial charge < -0.3 is 9.47 Å². The number of carbonyl (C=O) groups excluding carboxylic acids is 1. The average Bonchev–Trinajstić information content (AvgIpc) is 3.08. The summed E-state index contributed by atoms with van der Waals surface area (Å²) in [5.41, 5.74) is 0.576. The van der Waals surface area contributed by atoms with Crippen molar-refractivity contribution in [2.75, 3.05) is 12.4 Å². The zero-order valence-electron chi connectivity index (χ0n) is 13.6. The maximum absolute atomic E-state index is 11.9. The molecule has 7 heteroatoms. The molecule has 1 aromatic heterocycles. The highest BCUT2D eigenvalue weighted by Gasteiger charge is 2.07. The van der Waals surface area contributed by atoms with Gasteiger partial charge in [-0.2, -0.15) is 5.10 Å². The molecule has 1 heterocycles. The van der Waals surface area contributed by atoms with E-state index in [1.807, 2.05) is 30.3 Å². The highest BCUT2D eigenvalue weighted by atomic mass is 32.2. The normalized spacial score (nSPS) is 10.3. The van der Waals surface area contributed by atoms with Crippen LogP contribution in [0.2, 0.25) is 0 Å². The number of carbonyl (C=O) groups is 1. The number of hydrogen-bond acceptors (Lipinski definition) is 5. The van der Waals surface area contributed by atoms with Gasteiger partial charge in [-0.15, -0.1) is 11.8 Å². The first kappa shape index (κ1) is 16.9. The Labute approximate surface area is 149 Å². The highest BCUT2D eigenvalue weighted by Crippen LogP contribution is 2.20. The largest absolute Gasteiger partial charge is 0.497 e. The maximum atomic E-state index is 11.9. The van der Waals surface area contributed by atoms with Crippen molar-refractivity contribution in [3.8, 4) is 11.5 Å². The van der Waals surface area contributed by atoms with Gasteiger partial charge in [0, 0.05) is 11.1 Å². The Kier molecular flexibility index (Phi) is 5.58. The second kappa shape index (κ2) is 8.25. The van der Waals surface area contributed by atoms with E-state index >= 15 is 0 Å². The Balaban J connectivity index is 1.50. The SMILES string of the molecule is COc1ccc(OC(=O)Nc2cnn(CSc3ccccc3)c2)cc1. The smallest absolute Gasteiger partial charge is 0.417 e. The predicted molar refractivity (Wildman–Crippen MR) is 97.2 cm³/mol. The lowest BCUT2D eigenvalue weighted by atomic mass is 10.3. The van der Waals surface area contributed by atoms with Crippen molar-refractivity contribution in [1.82, 2.24) is 9.78 Å². The summed E-state index contributed by atoms with van der Waals surface area (Å²) in [6.45, 7) is 0. The summed E-state index contributed by atoms with van der Waals surface area (Å²) >= 11 is 1.66. The third kappa shape index (κ3) is 5.02. The van der Waals surface area contributed by atoms with Gasteiger partial charge in [-0.05, 0) is 36.4 Å². The Bertz CT molecular complexity index is 819. The van der Waals surface area contributed by atoms with Gasteiger partial charge in [-0.25, -0.2) is 4.79 Å². The molecule has 0 aliphatic heterocycles. The van der Waals surface area contributed by atoms with Crippen molar-refractivity contribution in [3.05, 3.63) is 67.0 Å². The minimum absolute atomic E-state index is 0.435. The van der Waals surface area contributed by atoms with E-state index in [1.54, 1.807) is 60.2 Å². The Morgan fingerprint density at radius 2 is 1.84 bits per heavy atom. The number of ether oxygens (including phenoxy) is 2. The lowest BCUT2D eigenvalue weighted by Gasteiger charge is -2.05. The fraction of sp³-hybridized carbons (Fsp3) is 0.111. The molecule has 6 nitrogen and oxygen atoms in total. The van der Waals surface area contributed by atoms with Gasteiger partial charge in [-0.3, -0.25) is 10.00 Å². The number of hydrogen-bond donors (Lipinski definition) is 1. The van der Waals surface area contributed by atoms with Crippen LogP contribution in [0.25, 0.3) is 0 Å². The van der Waals surface area contributed by atoms with Crippen molar-refractivity contribution in [2.24, 2.45) is 0 Å². The van der Waals surface area contributed by atoms with Crippen LogP contribution in [0.3, 0.4) is 0 Å². The topological polar surface area (TPSA) is 65.4 Å². The van der Waals surface area contributed by atoms with E-state index in [1.165, 1.54) is 0 Å². The molecule has 0 aliphatic rings. The van der Waals surface area contributed by atoms with Crippen LogP contribution in [0, 0.1) is 0 Å². The van der Waals surface area contributed by atoms with E-state index in [2.05, 4.69) is 10.4 Å². The second-order valence-corrected chi connectivity index (χ2v) is 6.06. The fourth-order valence-electron chi connectivity index (χ4n) is 2.05. The number of anilines is 1. The van der Waals surface area contributed by atoms with Crippen molar-refractivity contribution < 1.29 is 14.3 Å². The van der Waals surface area contributed by atoms with E-state index in [0.717, 1.165) is 4.90 Å². The summed E-state index contributed by atoms with van der Waals surface area (Å²) in [7, 11) is 1.58. The summed E-state index contributed by atoms with van der Waals surface area (Å²) in [6, 6.07) is 16.8. The first-order valence-electron chi connectivity index (χ1n) is 7.56. The molecular formula is C18H17N3O3S. The van der Waals surface area contributed by atoms with Crippen molar-refractivity contribution in [1.29, 1.82) is 0 Å². The Morgan fingerprint density at radius 3 is 2.56 bits per heavy atom. The molecule has 0 radical (unpaired) electrons. The lowest BCUT2D eigenvalue weighted by molar-refractivity contribution is 0.215. The molecule has 1 amide bonds. The van der Waals surface area contributed by atoms with Gasteiger partial charge in [0.2, 0.25) is 0 Å². The predicted octanol–water partition coefficient (Wildman–Crippen LogP) is 4.25. The molecule has 0 bridgehead atoms. The van der Waals surface area contributed by atoms with Gasteiger partial charge in [0.15, 0.2) is 0 Å². The third-order valence-corrected chi connectivity index (χ3v) is 4.26. The van der Waals surface area contributed by atoms with Gasteiger partial charge in [0.25, 0.3) is 0 Å². The fourth-order valence-corrected chi connectivity index (χ4v) is 2.82. The maximum Gasteiger partial charge on any atom is 0.417 e. The van der Waals surface area contributed by atoms with E-state index in [0.29, 0.717) is 23.1 Å². The number of amides is 1. The van der Waals surface area contributed by atoms with Crippen LogP contribution in [0.4, 0.5) is 10.5 Å². The highest BCUT2D eigenvalue weighted by molar-refractivity contribution is 7.98. The molecule has 0 aliphatic carbocycles. The molecule has 0 atom stereocenters. The van der Waals surface area contributed by atoms with E-state index in [4.69, 9.17) is 9.47 Å². The Hall–Kier alpha value is -2.93. The lowest BCUT2D eigenvalue weighted by Crippen LogP contribution is -2.16. The number of nitrogens with zero attached hydrogens (tertiary/aromatic N) is 2. The van der Waals surface area contributed by atoms with E-state index in [9.17, 15) is 4.79 Å².